The fourth-order valence-electron chi connectivity index (χ4n) is 3.01. The molecule has 0 saturated carbocycles. The first-order valence-electron chi connectivity index (χ1n) is 7.52. The molecule has 0 spiro atoms. The SMILES string of the molecule is Nc1ncnc(N2CCC[C@@H]2C[C@H](O)c2ccc(F)cc2)c1Cl. The van der Waals surface area contributed by atoms with Gasteiger partial charge in [-0.1, -0.05) is 23.7 Å². The maximum absolute atomic E-state index is 13.0. The maximum atomic E-state index is 13.0. The lowest BCUT2D eigenvalue weighted by Crippen LogP contribution is -2.32. The summed E-state index contributed by atoms with van der Waals surface area (Å²) in [5.74, 6) is 0.543. The second kappa shape index (κ2) is 6.68. The topological polar surface area (TPSA) is 75.3 Å². The summed E-state index contributed by atoms with van der Waals surface area (Å²) in [6.45, 7) is 0.803. The van der Waals surface area contributed by atoms with Crippen molar-refractivity contribution in [2.45, 2.75) is 31.4 Å². The van der Waals surface area contributed by atoms with E-state index in [9.17, 15) is 9.50 Å². The highest BCUT2D eigenvalue weighted by molar-refractivity contribution is 6.35. The molecule has 1 fully saturated rings. The average Bonchev–Trinajstić information content (AvgIpc) is 2.98. The van der Waals surface area contributed by atoms with E-state index in [0.717, 1.165) is 19.4 Å². The number of benzene rings is 1. The summed E-state index contributed by atoms with van der Waals surface area (Å²) < 4.78 is 13.0. The van der Waals surface area contributed by atoms with Crippen LogP contribution in [0, 0.1) is 5.82 Å². The lowest BCUT2D eigenvalue weighted by atomic mass is 10.0. The number of aliphatic hydroxyl groups excluding tert-OH is 1. The molecule has 1 aromatic carbocycles. The standard InChI is InChI=1S/C16H18ClFN4O/c17-14-15(19)20-9-21-16(14)22-7-1-2-12(22)8-13(23)10-3-5-11(18)6-4-10/h3-6,9,12-13,23H,1-2,7-8H2,(H2,19,20,21)/t12-,13+/m1/s1. The van der Waals surface area contributed by atoms with Crippen LogP contribution < -0.4 is 10.6 Å². The number of halogens is 2. The molecule has 23 heavy (non-hydrogen) atoms. The third kappa shape index (κ3) is 3.38. The normalized spacial score (nSPS) is 19.1. The monoisotopic (exact) mass is 336 g/mol. The number of aliphatic hydroxyl groups is 1. The summed E-state index contributed by atoms with van der Waals surface area (Å²) in [6.07, 6.45) is 3.16. The van der Waals surface area contributed by atoms with E-state index in [2.05, 4.69) is 14.9 Å². The van der Waals surface area contributed by atoms with Crippen LogP contribution in [-0.2, 0) is 0 Å². The molecule has 0 bridgehead atoms. The van der Waals surface area contributed by atoms with E-state index in [4.69, 9.17) is 17.3 Å². The second-order valence-electron chi connectivity index (χ2n) is 5.69. The van der Waals surface area contributed by atoms with Crippen LogP contribution in [0.25, 0.3) is 0 Å². The van der Waals surface area contributed by atoms with Crippen molar-refractivity contribution in [2.24, 2.45) is 0 Å². The first-order valence-corrected chi connectivity index (χ1v) is 7.90. The van der Waals surface area contributed by atoms with Crippen molar-refractivity contribution in [3.05, 3.63) is 47.0 Å². The molecule has 0 aliphatic carbocycles. The highest BCUT2D eigenvalue weighted by Crippen LogP contribution is 2.35. The summed E-state index contributed by atoms with van der Waals surface area (Å²) in [6, 6.07) is 6.02. The van der Waals surface area contributed by atoms with Crippen molar-refractivity contribution in [1.82, 2.24) is 9.97 Å². The Labute approximate surface area is 138 Å². The number of nitrogen functional groups attached to an aromatic ring is 1. The zero-order valence-electron chi connectivity index (χ0n) is 12.5. The fourth-order valence-corrected chi connectivity index (χ4v) is 3.22. The Hall–Kier alpha value is -1.92. The Kier molecular flexibility index (Phi) is 4.63. The van der Waals surface area contributed by atoms with E-state index in [-0.39, 0.29) is 17.7 Å². The van der Waals surface area contributed by atoms with Gasteiger partial charge in [-0.2, -0.15) is 0 Å². The van der Waals surface area contributed by atoms with E-state index in [1.165, 1.54) is 18.5 Å². The largest absolute Gasteiger partial charge is 0.388 e. The molecule has 1 aromatic heterocycles. The fraction of sp³-hybridized carbons (Fsp3) is 0.375. The number of rotatable bonds is 4. The number of hydrogen-bond acceptors (Lipinski definition) is 5. The van der Waals surface area contributed by atoms with Gasteiger partial charge in [0.15, 0.2) is 5.82 Å². The second-order valence-corrected chi connectivity index (χ2v) is 6.07. The lowest BCUT2D eigenvalue weighted by Gasteiger charge is -2.28. The van der Waals surface area contributed by atoms with Crippen LogP contribution in [0.4, 0.5) is 16.0 Å². The molecule has 5 nitrogen and oxygen atoms in total. The maximum Gasteiger partial charge on any atom is 0.153 e. The Morgan fingerprint density at radius 1 is 1.35 bits per heavy atom. The molecule has 3 rings (SSSR count). The molecular formula is C16H18ClFN4O. The minimum Gasteiger partial charge on any atom is -0.388 e. The predicted octanol–water partition coefficient (Wildman–Crippen LogP) is 2.94. The Morgan fingerprint density at radius 2 is 2.09 bits per heavy atom. The number of anilines is 2. The molecule has 0 radical (unpaired) electrons. The van der Waals surface area contributed by atoms with Gasteiger partial charge in [0.1, 0.15) is 23.0 Å². The van der Waals surface area contributed by atoms with Crippen LogP contribution in [0.15, 0.2) is 30.6 Å². The molecule has 3 N–H and O–H groups in total. The van der Waals surface area contributed by atoms with E-state index in [0.29, 0.717) is 22.8 Å². The first-order chi connectivity index (χ1) is 11.1. The van der Waals surface area contributed by atoms with Crippen LogP contribution in [-0.4, -0.2) is 27.7 Å². The number of hydrogen-bond donors (Lipinski definition) is 2. The van der Waals surface area contributed by atoms with Gasteiger partial charge in [0.2, 0.25) is 0 Å². The third-order valence-corrected chi connectivity index (χ3v) is 4.56. The van der Waals surface area contributed by atoms with Crippen molar-refractivity contribution in [1.29, 1.82) is 0 Å². The van der Waals surface area contributed by atoms with Crippen LogP contribution >= 0.6 is 11.6 Å². The van der Waals surface area contributed by atoms with E-state index in [1.807, 2.05) is 0 Å². The van der Waals surface area contributed by atoms with Crippen LogP contribution in [0.5, 0.6) is 0 Å². The van der Waals surface area contributed by atoms with Gasteiger partial charge >= 0.3 is 0 Å². The molecule has 122 valence electrons. The lowest BCUT2D eigenvalue weighted by molar-refractivity contribution is 0.158. The Morgan fingerprint density at radius 3 is 2.83 bits per heavy atom. The highest BCUT2D eigenvalue weighted by atomic mass is 35.5. The van der Waals surface area contributed by atoms with Crippen LogP contribution in [0.3, 0.4) is 0 Å². The van der Waals surface area contributed by atoms with E-state index >= 15 is 0 Å². The summed E-state index contributed by atoms with van der Waals surface area (Å²) in [4.78, 5) is 10.2. The van der Waals surface area contributed by atoms with Crippen molar-refractivity contribution in [3.63, 3.8) is 0 Å². The molecule has 1 aliphatic rings. The Bertz CT molecular complexity index is 682. The quantitative estimate of drug-likeness (QED) is 0.897. The van der Waals surface area contributed by atoms with E-state index < -0.39 is 6.10 Å². The van der Waals surface area contributed by atoms with Gasteiger partial charge in [-0.15, -0.1) is 0 Å². The van der Waals surface area contributed by atoms with E-state index in [1.54, 1.807) is 12.1 Å². The number of aromatic nitrogens is 2. The molecule has 1 saturated heterocycles. The van der Waals surface area contributed by atoms with Crippen molar-refractivity contribution < 1.29 is 9.50 Å². The van der Waals surface area contributed by atoms with Gasteiger partial charge in [0.05, 0.1) is 6.10 Å². The van der Waals surface area contributed by atoms with Gasteiger partial charge in [-0.05, 0) is 37.0 Å². The van der Waals surface area contributed by atoms with Crippen molar-refractivity contribution in [3.8, 4) is 0 Å². The van der Waals surface area contributed by atoms with Crippen LogP contribution in [0.2, 0.25) is 5.02 Å². The van der Waals surface area contributed by atoms with Gasteiger partial charge in [0.25, 0.3) is 0 Å². The number of nitrogens with two attached hydrogens (primary N) is 1. The van der Waals surface area contributed by atoms with Crippen LogP contribution in [0.1, 0.15) is 30.9 Å². The molecule has 2 aromatic rings. The first kappa shape index (κ1) is 16.0. The molecule has 0 amide bonds. The average molecular weight is 337 g/mol. The van der Waals surface area contributed by atoms with Gasteiger partial charge in [-0.3, -0.25) is 0 Å². The number of nitrogens with zero attached hydrogens (tertiary/aromatic N) is 3. The molecule has 1 aliphatic heterocycles. The minimum absolute atomic E-state index is 0.0989. The minimum atomic E-state index is -0.667. The van der Waals surface area contributed by atoms with Crippen molar-refractivity contribution in [2.75, 3.05) is 17.2 Å². The van der Waals surface area contributed by atoms with Crippen molar-refractivity contribution >= 4 is 23.2 Å². The van der Waals surface area contributed by atoms with Gasteiger partial charge in [0, 0.05) is 12.6 Å². The Balaban J connectivity index is 1.76. The zero-order valence-corrected chi connectivity index (χ0v) is 13.2. The smallest absolute Gasteiger partial charge is 0.153 e. The predicted molar refractivity (Wildman–Crippen MR) is 87.8 cm³/mol. The molecule has 0 unspecified atom stereocenters. The summed E-state index contributed by atoms with van der Waals surface area (Å²) in [7, 11) is 0. The molecule has 2 heterocycles. The summed E-state index contributed by atoms with van der Waals surface area (Å²) in [5.41, 5.74) is 6.45. The third-order valence-electron chi connectivity index (χ3n) is 4.20. The molecule has 7 heteroatoms. The van der Waals surface area contributed by atoms with Gasteiger partial charge < -0.3 is 15.7 Å². The molecular weight excluding hydrogens is 319 g/mol. The van der Waals surface area contributed by atoms with Gasteiger partial charge in [-0.25, -0.2) is 14.4 Å². The zero-order chi connectivity index (χ0) is 16.4. The summed E-state index contributed by atoms with van der Waals surface area (Å²) in [5, 5.41) is 10.8. The summed E-state index contributed by atoms with van der Waals surface area (Å²) >= 11 is 6.21. The highest BCUT2D eigenvalue weighted by Gasteiger charge is 2.30. The molecule has 2 atom stereocenters.